The van der Waals surface area contributed by atoms with E-state index < -0.39 is 0 Å². The first-order valence-electron chi connectivity index (χ1n) is 6.51. The largest absolute Gasteiger partial charge is 0.370 e. The molecule has 1 heterocycles. The van der Waals surface area contributed by atoms with Crippen molar-refractivity contribution in [3.05, 3.63) is 28.8 Å². The highest BCUT2D eigenvalue weighted by molar-refractivity contribution is 6.31. The van der Waals surface area contributed by atoms with Crippen LogP contribution in [0.15, 0.2) is 18.2 Å². The maximum atomic E-state index is 6.23. The van der Waals surface area contributed by atoms with Crippen molar-refractivity contribution < 1.29 is 0 Å². The van der Waals surface area contributed by atoms with E-state index in [1.165, 1.54) is 18.5 Å². The van der Waals surface area contributed by atoms with Crippen LogP contribution in [-0.4, -0.2) is 38.1 Å². The summed E-state index contributed by atoms with van der Waals surface area (Å²) in [7, 11) is 4.30. The summed E-state index contributed by atoms with van der Waals surface area (Å²) in [5.74, 6) is 0. The van der Waals surface area contributed by atoms with E-state index >= 15 is 0 Å². The van der Waals surface area contributed by atoms with Crippen molar-refractivity contribution in [1.82, 2.24) is 4.90 Å². The smallest absolute Gasteiger partial charge is 0.0471 e. The van der Waals surface area contributed by atoms with Gasteiger partial charge in [0.15, 0.2) is 0 Å². The van der Waals surface area contributed by atoms with Gasteiger partial charge in [0, 0.05) is 36.4 Å². The highest BCUT2D eigenvalue weighted by Gasteiger charge is 2.21. The van der Waals surface area contributed by atoms with Gasteiger partial charge >= 0.3 is 0 Å². The Hall–Kier alpha value is -0.770. The topological polar surface area (TPSA) is 32.5 Å². The van der Waals surface area contributed by atoms with Crippen molar-refractivity contribution in [3.8, 4) is 0 Å². The average Bonchev–Trinajstić information content (AvgIpc) is 2.38. The summed E-state index contributed by atoms with van der Waals surface area (Å²) in [6.07, 6.45) is 2.51. The maximum absolute atomic E-state index is 6.23. The Bertz CT molecular complexity index is 406. The zero-order chi connectivity index (χ0) is 13.1. The minimum Gasteiger partial charge on any atom is -0.370 e. The monoisotopic (exact) mass is 267 g/mol. The van der Waals surface area contributed by atoms with Crippen LogP contribution in [0.3, 0.4) is 0 Å². The molecule has 0 bridgehead atoms. The molecule has 4 heteroatoms. The van der Waals surface area contributed by atoms with Crippen LogP contribution in [0.4, 0.5) is 5.69 Å². The molecule has 1 aliphatic rings. The van der Waals surface area contributed by atoms with Gasteiger partial charge in [-0.1, -0.05) is 17.7 Å². The lowest BCUT2D eigenvalue weighted by atomic mass is 10.0. The van der Waals surface area contributed by atoms with Crippen LogP contribution in [0.2, 0.25) is 5.02 Å². The number of hydrogen-bond donors (Lipinski definition) is 1. The Morgan fingerprint density at radius 1 is 1.44 bits per heavy atom. The Kier molecular flexibility index (Phi) is 4.49. The summed E-state index contributed by atoms with van der Waals surface area (Å²) in [5.41, 5.74) is 7.86. The van der Waals surface area contributed by atoms with Crippen LogP contribution in [0.5, 0.6) is 0 Å². The molecule has 100 valence electrons. The second-order valence-corrected chi connectivity index (χ2v) is 5.59. The molecule has 2 N–H and O–H groups in total. The lowest BCUT2D eigenvalue weighted by molar-refractivity contribution is 0.258. The van der Waals surface area contributed by atoms with Gasteiger partial charge in [0.1, 0.15) is 0 Å². The van der Waals surface area contributed by atoms with Crippen LogP contribution >= 0.6 is 11.6 Å². The molecule has 1 fully saturated rings. The molecule has 1 aliphatic heterocycles. The lowest BCUT2D eigenvalue weighted by Crippen LogP contribution is -2.45. The molecule has 1 atom stereocenters. The lowest BCUT2D eigenvalue weighted by Gasteiger charge is -2.37. The van der Waals surface area contributed by atoms with Crippen molar-refractivity contribution >= 4 is 17.3 Å². The van der Waals surface area contributed by atoms with E-state index in [-0.39, 0.29) is 0 Å². The minimum absolute atomic E-state index is 0.499. The molecule has 0 amide bonds. The number of nitrogens with zero attached hydrogens (tertiary/aromatic N) is 2. The van der Waals surface area contributed by atoms with E-state index in [2.05, 4.69) is 30.0 Å². The molecule has 18 heavy (non-hydrogen) atoms. The van der Waals surface area contributed by atoms with Gasteiger partial charge in [0.2, 0.25) is 0 Å². The van der Waals surface area contributed by atoms with E-state index in [1.54, 1.807) is 0 Å². The second kappa shape index (κ2) is 5.91. The van der Waals surface area contributed by atoms with E-state index in [0.717, 1.165) is 23.7 Å². The van der Waals surface area contributed by atoms with E-state index in [9.17, 15) is 0 Å². The number of anilines is 1. The Balaban J connectivity index is 2.13. The molecule has 0 spiro atoms. The van der Waals surface area contributed by atoms with Crippen molar-refractivity contribution in [2.45, 2.75) is 25.4 Å². The van der Waals surface area contributed by atoms with Crippen LogP contribution in [0.25, 0.3) is 0 Å². The van der Waals surface area contributed by atoms with E-state index in [1.807, 2.05) is 12.1 Å². The van der Waals surface area contributed by atoms with Gasteiger partial charge in [-0.15, -0.1) is 0 Å². The average molecular weight is 268 g/mol. The quantitative estimate of drug-likeness (QED) is 0.912. The molecule has 1 aromatic carbocycles. The fourth-order valence-corrected chi connectivity index (χ4v) is 2.76. The second-order valence-electron chi connectivity index (χ2n) is 5.19. The van der Waals surface area contributed by atoms with Gasteiger partial charge in [-0.25, -0.2) is 0 Å². The fraction of sp³-hybridized carbons (Fsp3) is 0.571. The number of nitrogens with two attached hydrogens (primary N) is 1. The van der Waals surface area contributed by atoms with Crippen molar-refractivity contribution in [1.29, 1.82) is 0 Å². The van der Waals surface area contributed by atoms with Gasteiger partial charge in [-0.3, -0.25) is 0 Å². The molecule has 1 saturated heterocycles. The molecule has 1 unspecified atom stereocenters. The van der Waals surface area contributed by atoms with Gasteiger partial charge in [0.05, 0.1) is 0 Å². The summed E-state index contributed by atoms with van der Waals surface area (Å²) >= 11 is 6.23. The molecule has 3 nitrogen and oxygen atoms in total. The molecule has 1 aromatic rings. The SMILES string of the molecule is CN(C)C1CCCN(c2ccc(CN)c(Cl)c2)C1. The molecule has 2 rings (SSSR count). The standard InChI is InChI=1S/C14H22ClN3/c1-17(2)13-4-3-7-18(10-13)12-6-5-11(9-16)14(15)8-12/h5-6,8,13H,3-4,7,9-10,16H2,1-2H3. The summed E-state index contributed by atoms with van der Waals surface area (Å²) in [6, 6.07) is 6.84. The zero-order valence-corrected chi connectivity index (χ0v) is 12.0. The third-order valence-electron chi connectivity index (χ3n) is 3.75. The molecular formula is C14H22ClN3. The first-order valence-corrected chi connectivity index (χ1v) is 6.89. The number of hydrogen-bond acceptors (Lipinski definition) is 3. The number of halogens is 1. The normalized spacial score (nSPS) is 20.5. The highest BCUT2D eigenvalue weighted by Crippen LogP contribution is 2.26. The van der Waals surface area contributed by atoms with Crippen molar-refractivity contribution in [2.75, 3.05) is 32.1 Å². The van der Waals surface area contributed by atoms with Crippen LogP contribution in [0, 0.1) is 0 Å². The Labute approximate surface area is 115 Å². The molecule has 0 saturated carbocycles. The summed E-state index contributed by atoms with van der Waals surface area (Å²) in [5, 5.41) is 0.780. The number of rotatable bonds is 3. The maximum Gasteiger partial charge on any atom is 0.0471 e. The summed E-state index contributed by atoms with van der Waals surface area (Å²) in [6.45, 7) is 2.69. The predicted molar refractivity (Wildman–Crippen MR) is 78.3 cm³/mol. The van der Waals surface area contributed by atoms with Crippen LogP contribution in [-0.2, 0) is 6.54 Å². The van der Waals surface area contributed by atoms with Gasteiger partial charge in [-0.05, 0) is 44.6 Å². The number of benzene rings is 1. The predicted octanol–water partition coefficient (Wildman–Crippen LogP) is 2.33. The first-order chi connectivity index (χ1) is 8.61. The minimum atomic E-state index is 0.499. The summed E-state index contributed by atoms with van der Waals surface area (Å²) in [4.78, 5) is 4.72. The number of piperidine rings is 1. The zero-order valence-electron chi connectivity index (χ0n) is 11.2. The van der Waals surface area contributed by atoms with Gasteiger partial charge in [0.25, 0.3) is 0 Å². The Morgan fingerprint density at radius 2 is 2.22 bits per heavy atom. The van der Waals surface area contributed by atoms with Crippen molar-refractivity contribution in [2.24, 2.45) is 5.73 Å². The summed E-state index contributed by atoms with van der Waals surface area (Å²) < 4.78 is 0. The van der Waals surface area contributed by atoms with E-state index in [0.29, 0.717) is 12.6 Å². The number of likely N-dealkylation sites (N-methyl/N-ethyl adjacent to an activating group) is 1. The van der Waals surface area contributed by atoms with E-state index in [4.69, 9.17) is 17.3 Å². The van der Waals surface area contributed by atoms with Crippen LogP contribution < -0.4 is 10.6 Å². The fourth-order valence-electron chi connectivity index (χ4n) is 2.51. The van der Waals surface area contributed by atoms with Gasteiger partial charge < -0.3 is 15.5 Å². The molecule has 0 radical (unpaired) electrons. The third-order valence-corrected chi connectivity index (χ3v) is 4.10. The first kappa shape index (κ1) is 13.7. The molecule has 0 aromatic heterocycles. The van der Waals surface area contributed by atoms with Gasteiger partial charge in [-0.2, -0.15) is 0 Å². The molecular weight excluding hydrogens is 246 g/mol. The van der Waals surface area contributed by atoms with Crippen LogP contribution in [0.1, 0.15) is 18.4 Å². The third kappa shape index (κ3) is 2.97. The highest BCUT2D eigenvalue weighted by atomic mass is 35.5. The Morgan fingerprint density at radius 3 is 2.83 bits per heavy atom. The van der Waals surface area contributed by atoms with Crippen molar-refractivity contribution in [3.63, 3.8) is 0 Å². The molecule has 0 aliphatic carbocycles.